The summed E-state index contributed by atoms with van der Waals surface area (Å²) in [4.78, 5) is 28.1. The van der Waals surface area contributed by atoms with Crippen LogP contribution in [-0.2, 0) is 11.3 Å². The second-order valence-corrected chi connectivity index (χ2v) is 8.77. The van der Waals surface area contributed by atoms with E-state index < -0.39 is 5.54 Å². The van der Waals surface area contributed by atoms with Crippen LogP contribution in [0.3, 0.4) is 0 Å². The van der Waals surface area contributed by atoms with Gasteiger partial charge in [-0.15, -0.1) is 0 Å². The smallest absolute Gasteiger partial charge is 0.329 e. The lowest BCUT2D eigenvalue weighted by atomic mass is 9.77. The van der Waals surface area contributed by atoms with Crippen molar-refractivity contribution in [3.63, 3.8) is 0 Å². The van der Waals surface area contributed by atoms with Crippen molar-refractivity contribution in [2.24, 2.45) is 5.92 Å². The molecule has 6 heteroatoms. The fourth-order valence-electron chi connectivity index (χ4n) is 4.60. The number of ether oxygens (including phenoxy) is 1. The molecule has 6 nitrogen and oxygen atoms in total. The zero-order valence-corrected chi connectivity index (χ0v) is 17.5. The lowest BCUT2D eigenvalue weighted by Crippen LogP contribution is -3.09. The third-order valence-electron chi connectivity index (χ3n) is 6.42. The molecule has 1 aliphatic carbocycles. The molecule has 3 amide bonds. The van der Waals surface area contributed by atoms with Crippen LogP contribution in [-0.4, -0.2) is 43.2 Å². The standard InChI is InChI=1S/C23H29N3O3/c1-16-8-10-23(11-9-16)21(27)26(22(28)24-23)15-25(2)14-17-4-5-19-13-20(29-3)7-6-18(19)12-17/h4-7,12-13,16H,8-11,14-15H2,1-3H3,(H,24,28)/p+1. The first-order valence-corrected chi connectivity index (χ1v) is 10.4. The summed E-state index contributed by atoms with van der Waals surface area (Å²) in [5.41, 5.74) is 0.514. The first-order valence-electron chi connectivity index (χ1n) is 10.4. The van der Waals surface area contributed by atoms with Gasteiger partial charge in [-0.2, -0.15) is 0 Å². The molecule has 1 unspecified atom stereocenters. The van der Waals surface area contributed by atoms with Crippen molar-refractivity contribution in [3.05, 3.63) is 42.0 Å². The average Bonchev–Trinajstić information content (AvgIpc) is 2.94. The van der Waals surface area contributed by atoms with Gasteiger partial charge in [-0.1, -0.05) is 25.1 Å². The Bertz CT molecular complexity index is 934. The van der Waals surface area contributed by atoms with E-state index >= 15 is 0 Å². The number of carbonyl (C=O) groups is 2. The SMILES string of the molecule is COc1ccc2cc(C[NH+](C)CN3C(=O)NC4(CCC(C)CC4)C3=O)ccc2c1. The number of amides is 3. The van der Waals surface area contributed by atoms with Crippen LogP contribution in [0.5, 0.6) is 5.75 Å². The first-order chi connectivity index (χ1) is 13.9. The quantitative estimate of drug-likeness (QED) is 0.763. The molecule has 29 heavy (non-hydrogen) atoms. The van der Waals surface area contributed by atoms with Crippen molar-refractivity contribution in [2.45, 2.75) is 44.7 Å². The van der Waals surface area contributed by atoms with Gasteiger partial charge in [0, 0.05) is 5.56 Å². The molecule has 2 fully saturated rings. The molecule has 1 aliphatic heterocycles. The van der Waals surface area contributed by atoms with Gasteiger partial charge in [0.25, 0.3) is 5.91 Å². The number of quaternary nitrogens is 1. The number of benzene rings is 2. The number of nitrogens with one attached hydrogen (secondary N) is 2. The predicted octanol–water partition coefficient (Wildman–Crippen LogP) is 2.32. The zero-order chi connectivity index (χ0) is 20.6. The Morgan fingerprint density at radius 3 is 2.55 bits per heavy atom. The van der Waals surface area contributed by atoms with Crippen molar-refractivity contribution in [2.75, 3.05) is 20.8 Å². The van der Waals surface area contributed by atoms with Gasteiger partial charge in [0.05, 0.1) is 14.2 Å². The molecule has 1 saturated heterocycles. The number of imide groups is 1. The van der Waals surface area contributed by atoms with Gasteiger partial charge in [0.2, 0.25) is 0 Å². The molecular weight excluding hydrogens is 366 g/mol. The highest BCUT2D eigenvalue weighted by Crippen LogP contribution is 2.36. The van der Waals surface area contributed by atoms with Crippen LogP contribution in [0.25, 0.3) is 10.8 Å². The summed E-state index contributed by atoms with van der Waals surface area (Å²) in [7, 11) is 3.69. The highest BCUT2D eigenvalue weighted by atomic mass is 16.5. The molecular formula is C23H30N3O3+. The molecule has 1 heterocycles. The number of rotatable bonds is 5. The normalized spacial score (nSPS) is 25.5. The van der Waals surface area contributed by atoms with Gasteiger partial charge >= 0.3 is 6.03 Å². The van der Waals surface area contributed by atoms with Crippen LogP contribution in [0.15, 0.2) is 36.4 Å². The third-order valence-corrected chi connectivity index (χ3v) is 6.42. The van der Waals surface area contributed by atoms with Gasteiger partial charge in [-0.25, -0.2) is 9.69 Å². The van der Waals surface area contributed by atoms with Crippen molar-refractivity contribution >= 4 is 22.7 Å². The average molecular weight is 397 g/mol. The summed E-state index contributed by atoms with van der Waals surface area (Å²) in [6, 6.07) is 12.1. The Hall–Kier alpha value is -2.60. The summed E-state index contributed by atoms with van der Waals surface area (Å²) in [6.45, 7) is 3.33. The van der Waals surface area contributed by atoms with E-state index in [0.29, 0.717) is 12.6 Å². The van der Waals surface area contributed by atoms with Crippen LogP contribution >= 0.6 is 0 Å². The van der Waals surface area contributed by atoms with Gasteiger partial charge in [0.15, 0.2) is 6.67 Å². The van der Waals surface area contributed by atoms with E-state index in [1.54, 1.807) is 7.11 Å². The molecule has 2 N–H and O–H groups in total. The maximum atomic E-state index is 13.0. The van der Waals surface area contributed by atoms with Gasteiger partial charge in [-0.3, -0.25) is 4.79 Å². The fraction of sp³-hybridized carbons (Fsp3) is 0.478. The van der Waals surface area contributed by atoms with Crippen LogP contribution < -0.4 is 15.0 Å². The van der Waals surface area contributed by atoms with Gasteiger partial charge in [-0.05, 0) is 60.6 Å². The Kier molecular flexibility index (Phi) is 5.21. The lowest BCUT2D eigenvalue weighted by molar-refractivity contribution is -0.901. The molecule has 0 aromatic heterocycles. The second-order valence-electron chi connectivity index (χ2n) is 8.77. The summed E-state index contributed by atoms with van der Waals surface area (Å²) >= 11 is 0. The molecule has 1 spiro atoms. The highest BCUT2D eigenvalue weighted by Gasteiger charge is 2.52. The van der Waals surface area contributed by atoms with Crippen LogP contribution in [0.1, 0.15) is 38.2 Å². The number of hydrogen-bond acceptors (Lipinski definition) is 3. The number of methoxy groups -OCH3 is 1. The summed E-state index contributed by atoms with van der Waals surface area (Å²) in [6.07, 6.45) is 3.49. The van der Waals surface area contributed by atoms with Crippen LogP contribution in [0.4, 0.5) is 4.79 Å². The molecule has 2 aliphatic rings. The summed E-state index contributed by atoms with van der Waals surface area (Å²) in [5.74, 6) is 1.43. The van der Waals surface area contributed by atoms with E-state index in [-0.39, 0.29) is 11.9 Å². The van der Waals surface area contributed by atoms with Gasteiger partial charge < -0.3 is 15.0 Å². The molecule has 1 saturated carbocycles. The van der Waals surface area contributed by atoms with Crippen molar-refractivity contribution in [1.82, 2.24) is 10.2 Å². The van der Waals surface area contributed by atoms with E-state index in [2.05, 4.69) is 36.5 Å². The molecule has 2 aromatic carbocycles. The van der Waals surface area contributed by atoms with Gasteiger partial charge in [0.1, 0.15) is 17.8 Å². The lowest BCUT2D eigenvalue weighted by Gasteiger charge is -2.33. The van der Waals surface area contributed by atoms with Crippen molar-refractivity contribution < 1.29 is 19.2 Å². The molecule has 1 atom stereocenters. The summed E-state index contributed by atoms with van der Waals surface area (Å²) in [5, 5.41) is 5.29. The monoisotopic (exact) mass is 396 g/mol. The molecule has 0 bridgehead atoms. The minimum Gasteiger partial charge on any atom is -0.497 e. The number of fused-ring (bicyclic) bond motifs is 1. The van der Waals surface area contributed by atoms with Crippen molar-refractivity contribution in [3.8, 4) is 5.75 Å². The maximum absolute atomic E-state index is 13.0. The Labute approximate surface area is 171 Å². The van der Waals surface area contributed by atoms with E-state index in [9.17, 15) is 9.59 Å². The molecule has 0 radical (unpaired) electrons. The Morgan fingerprint density at radius 1 is 1.14 bits per heavy atom. The number of urea groups is 1. The molecule has 4 rings (SSSR count). The van der Waals surface area contributed by atoms with Crippen LogP contribution in [0, 0.1) is 5.92 Å². The molecule has 154 valence electrons. The van der Waals surface area contributed by atoms with E-state index in [4.69, 9.17) is 4.74 Å². The minimum absolute atomic E-state index is 0.0423. The van der Waals surface area contributed by atoms with Crippen LogP contribution in [0.2, 0.25) is 0 Å². The van der Waals surface area contributed by atoms with Crippen molar-refractivity contribution in [1.29, 1.82) is 0 Å². The zero-order valence-electron chi connectivity index (χ0n) is 17.5. The maximum Gasteiger partial charge on any atom is 0.329 e. The number of carbonyl (C=O) groups excluding carboxylic acids is 2. The molecule has 2 aromatic rings. The fourth-order valence-corrected chi connectivity index (χ4v) is 4.60. The van der Waals surface area contributed by atoms with E-state index in [1.165, 1.54) is 10.5 Å². The third kappa shape index (κ3) is 3.81. The summed E-state index contributed by atoms with van der Waals surface area (Å²) < 4.78 is 5.29. The largest absolute Gasteiger partial charge is 0.497 e. The van der Waals surface area contributed by atoms with E-state index in [1.807, 2.05) is 19.2 Å². The Morgan fingerprint density at radius 2 is 1.83 bits per heavy atom. The number of nitrogens with zero attached hydrogens (tertiary/aromatic N) is 1. The number of hydrogen-bond donors (Lipinski definition) is 2. The first kappa shape index (κ1) is 19.7. The minimum atomic E-state index is -0.661. The predicted molar refractivity (Wildman–Crippen MR) is 112 cm³/mol. The highest BCUT2D eigenvalue weighted by molar-refractivity contribution is 6.06. The Balaban J connectivity index is 1.43. The van der Waals surface area contributed by atoms with E-state index in [0.717, 1.165) is 53.6 Å². The second kappa shape index (κ2) is 7.67. The topological polar surface area (TPSA) is 63.1 Å².